The van der Waals surface area contributed by atoms with Gasteiger partial charge in [0.15, 0.2) is 0 Å². The minimum atomic E-state index is -0.431. The Bertz CT molecular complexity index is 386. The van der Waals surface area contributed by atoms with Gasteiger partial charge in [-0.3, -0.25) is 10.1 Å². The molecule has 0 aliphatic carbocycles. The van der Waals surface area contributed by atoms with Crippen LogP contribution in [0.15, 0.2) is 24.3 Å². The van der Waals surface area contributed by atoms with Crippen LogP contribution in [0.25, 0.3) is 0 Å². The number of hydrogen-bond donors (Lipinski definition) is 2. The number of likely N-dealkylation sites (N-methyl/N-ethyl adjacent to an activating group) is 1. The summed E-state index contributed by atoms with van der Waals surface area (Å²) in [5.74, 6) is 0. The average molecular weight is 255 g/mol. The summed E-state index contributed by atoms with van der Waals surface area (Å²) in [6.07, 6.45) is 0. The molecule has 0 aliphatic rings. The maximum atomic E-state index is 10.5. The third-order valence-electron chi connectivity index (χ3n) is 2.99. The van der Waals surface area contributed by atoms with E-state index >= 15 is 0 Å². The summed E-state index contributed by atoms with van der Waals surface area (Å²) in [7, 11) is 1.94. The van der Waals surface area contributed by atoms with Gasteiger partial charge in [-0.1, -0.05) is 0 Å². The molecule has 6 nitrogen and oxygen atoms in total. The van der Waals surface area contributed by atoms with E-state index < -0.39 is 4.92 Å². The van der Waals surface area contributed by atoms with Crippen molar-refractivity contribution >= 4 is 5.69 Å². The van der Waals surface area contributed by atoms with Crippen molar-refractivity contribution in [3.8, 4) is 0 Å². The predicted octanol–water partition coefficient (Wildman–Crippen LogP) is 0.526. The fourth-order valence-corrected chi connectivity index (χ4v) is 1.92. The number of nitro groups is 1. The summed E-state index contributed by atoms with van der Waals surface area (Å²) >= 11 is 0. The van der Waals surface area contributed by atoms with Gasteiger partial charge in [0.1, 0.15) is 19.6 Å². The van der Waals surface area contributed by atoms with E-state index in [1.807, 2.05) is 7.05 Å². The summed E-state index contributed by atoms with van der Waals surface area (Å²) in [4.78, 5) is 10.1. The molecule has 100 valence electrons. The topological polar surface area (TPSA) is 83.6 Å². The molecule has 0 amide bonds. The summed E-state index contributed by atoms with van der Waals surface area (Å²) in [6.45, 7) is 1.79. The van der Waals surface area contributed by atoms with Gasteiger partial charge < -0.3 is 14.7 Å². The number of quaternary nitrogens is 1. The van der Waals surface area contributed by atoms with E-state index in [-0.39, 0.29) is 18.9 Å². The van der Waals surface area contributed by atoms with Crippen molar-refractivity contribution in [2.45, 2.75) is 6.54 Å². The van der Waals surface area contributed by atoms with Crippen LogP contribution >= 0.6 is 0 Å². The van der Waals surface area contributed by atoms with E-state index in [4.69, 9.17) is 10.2 Å². The van der Waals surface area contributed by atoms with Crippen LogP contribution in [0.2, 0.25) is 0 Å². The zero-order chi connectivity index (χ0) is 13.6. The van der Waals surface area contributed by atoms with Crippen molar-refractivity contribution in [1.29, 1.82) is 0 Å². The zero-order valence-electron chi connectivity index (χ0n) is 10.5. The first-order valence-corrected chi connectivity index (χ1v) is 5.79. The van der Waals surface area contributed by atoms with E-state index in [1.165, 1.54) is 12.1 Å². The van der Waals surface area contributed by atoms with Crippen molar-refractivity contribution in [3.05, 3.63) is 39.9 Å². The van der Waals surface area contributed by atoms with Gasteiger partial charge in [-0.15, -0.1) is 0 Å². The summed E-state index contributed by atoms with van der Waals surface area (Å²) in [5.41, 5.74) is 1.02. The van der Waals surface area contributed by atoms with Gasteiger partial charge >= 0.3 is 0 Å². The molecule has 6 heteroatoms. The molecule has 0 heterocycles. The maximum absolute atomic E-state index is 10.5. The second-order valence-corrected chi connectivity index (χ2v) is 4.60. The predicted molar refractivity (Wildman–Crippen MR) is 66.9 cm³/mol. The highest BCUT2D eigenvalue weighted by atomic mass is 16.6. The molecule has 0 unspecified atom stereocenters. The minimum absolute atomic E-state index is 0.0451. The Morgan fingerprint density at radius 2 is 1.67 bits per heavy atom. The fraction of sp³-hybridized carbons (Fsp3) is 0.500. The highest BCUT2D eigenvalue weighted by molar-refractivity contribution is 5.32. The molecule has 0 spiro atoms. The molecule has 1 aromatic carbocycles. The summed E-state index contributed by atoms with van der Waals surface area (Å²) < 4.78 is 0.505. The number of aliphatic hydroxyl groups excluding tert-OH is 2. The Balaban J connectivity index is 2.77. The minimum Gasteiger partial charge on any atom is -0.391 e. The van der Waals surface area contributed by atoms with Crippen LogP contribution in [0.1, 0.15) is 5.56 Å². The molecule has 0 bridgehead atoms. The molecule has 18 heavy (non-hydrogen) atoms. The first kappa shape index (κ1) is 14.6. The lowest BCUT2D eigenvalue weighted by Gasteiger charge is -2.33. The average Bonchev–Trinajstić information content (AvgIpc) is 2.30. The normalized spacial score (nSPS) is 11.5. The van der Waals surface area contributed by atoms with Crippen molar-refractivity contribution in [2.75, 3.05) is 33.4 Å². The highest BCUT2D eigenvalue weighted by Gasteiger charge is 2.21. The first-order valence-electron chi connectivity index (χ1n) is 5.79. The zero-order valence-corrected chi connectivity index (χ0v) is 10.5. The highest BCUT2D eigenvalue weighted by Crippen LogP contribution is 2.16. The van der Waals surface area contributed by atoms with Crippen LogP contribution in [0.3, 0.4) is 0 Å². The van der Waals surface area contributed by atoms with Gasteiger partial charge in [-0.05, 0) is 12.1 Å². The fourth-order valence-electron chi connectivity index (χ4n) is 1.92. The molecule has 0 aliphatic heterocycles. The largest absolute Gasteiger partial charge is 0.391 e. The third kappa shape index (κ3) is 4.06. The van der Waals surface area contributed by atoms with Crippen LogP contribution in [0, 0.1) is 10.1 Å². The molecule has 0 aromatic heterocycles. The molecule has 1 rings (SSSR count). The van der Waals surface area contributed by atoms with Crippen LogP contribution in [0.4, 0.5) is 5.69 Å². The van der Waals surface area contributed by atoms with E-state index in [1.54, 1.807) is 12.1 Å². The Labute approximate surface area is 106 Å². The van der Waals surface area contributed by atoms with Gasteiger partial charge in [0.2, 0.25) is 0 Å². The van der Waals surface area contributed by atoms with Gasteiger partial charge in [0.05, 0.1) is 25.2 Å². The molecule has 1 aromatic rings. The standard InChI is InChI=1S/C12H19N2O4/c1-14(6-8-15,7-9-16)10-11-2-4-12(5-3-11)13(17)18/h2-5,15-16H,6-10H2,1H3/q+1. The van der Waals surface area contributed by atoms with Gasteiger partial charge in [0, 0.05) is 17.7 Å². The number of benzene rings is 1. The van der Waals surface area contributed by atoms with Crippen molar-refractivity contribution in [2.24, 2.45) is 0 Å². The Hall–Kier alpha value is -1.50. The van der Waals surface area contributed by atoms with Gasteiger partial charge in [-0.2, -0.15) is 0 Å². The molecule has 0 radical (unpaired) electrons. The lowest BCUT2D eigenvalue weighted by molar-refractivity contribution is -0.923. The van der Waals surface area contributed by atoms with Crippen LogP contribution < -0.4 is 0 Å². The second kappa shape index (κ2) is 6.44. The van der Waals surface area contributed by atoms with Gasteiger partial charge in [0.25, 0.3) is 5.69 Å². The number of hydrogen-bond acceptors (Lipinski definition) is 4. The Kier molecular flexibility index (Phi) is 5.21. The first-order chi connectivity index (χ1) is 8.50. The lowest BCUT2D eigenvalue weighted by atomic mass is 10.1. The second-order valence-electron chi connectivity index (χ2n) is 4.60. The number of aliphatic hydroxyl groups is 2. The molecular weight excluding hydrogens is 236 g/mol. The van der Waals surface area contributed by atoms with Gasteiger partial charge in [-0.25, -0.2) is 0 Å². The Morgan fingerprint density at radius 1 is 1.17 bits per heavy atom. The number of non-ortho nitro benzene ring substituents is 1. The molecule has 0 atom stereocenters. The summed E-state index contributed by atoms with van der Waals surface area (Å²) in [5, 5.41) is 28.6. The number of nitrogens with zero attached hydrogens (tertiary/aromatic N) is 2. The van der Waals surface area contributed by atoms with Crippen molar-refractivity contribution in [1.82, 2.24) is 0 Å². The van der Waals surface area contributed by atoms with Crippen LogP contribution in [-0.4, -0.2) is 53.0 Å². The van der Waals surface area contributed by atoms with E-state index in [0.29, 0.717) is 24.1 Å². The number of nitro benzene ring substituents is 1. The molecular formula is C12H19N2O4+. The van der Waals surface area contributed by atoms with Crippen LogP contribution in [0.5, 0.6) is 0 Å². The van der Waals surface area contributed by atoms with Crippen molar-refractivity contribution in [3.63, 3.8) is 0 Å². The molecule has 2 N–H and O–H groups in total. The van der Waals surface area contributed by atoms with E-state index in [9.17, 15) is 10.1 Å². The smallest absolute Gasteiger partial charge is 0.269 e. The Morgan fingerprint density at radius 3 is 2.06 bits per heavy atom. The van der Waals surface area contributed by atoms with E-state index in [2.05, 4.69) is 0 Å². The SMILES string of the molecule is C[N+](CCO)(CCO)Cc1ccc([N+](=O)[O-])cc1. The van der Waals surface area contributed by atoms with Crippen LogP contribution in [-0.2, 0) is 6.54 Å². The summed E-state index contributed by atoms with van der Waals surface area (Å²) in [6, 6.07) is 6.36. The quantitative estimate of drug-likeness (QED) is 0.423. The maximum Gasteiger partial charge on any atom is 0.269 e. The molecule has 0 saturated carbocycles. The monoisotopic (exact) mass is 255 g/mol. The van der Waals surface area contributed by atoms with E-state index in [0.717, 1.165) is 5.56 Å². The van der Waals surface area contributed by atoms with Crippen molar-refractivity contribution < 1.29 is 19.6 Å². The lowest BCUT2D eigenvalue weighted by Crippen LogP contribution is -2.47. The molecule has 0 saturated heterocycles. The number of rotatable bonds is 7. The third-order valence-corrected chi connectivity index (χ3v) is 2.99. The molecule has 0 fully saturated rings.